The van der Waals surface area contributed by atoms with E-state index in [0.29, 0.717) is 23.1 Å². The SMILES string of the molecule is CCOC(=O)c1cccc(NC(=O)CN(c2ccccc2OCC)S(=O)(=O)c2ccc(Cl)cc2)c1. The second-order valence-electron chi connectivity index (χ2n) is 7.22. The molecule has 0 aliphatic carbocycles. The normalized spacial score (nSPS) is 10.9. The van der Waals surface area contributed by atoms with Crippen molar-refractivity contribution in [1.82, 2.24) is 0 Å². The molecule has 3 rings (SSSR count). The van der Waals surface area contributed by atoms with E-state index >= 15 is 0 Å². The molecule has 0 fully saturated rings. The van der Waals surface area contributed by atoms with Crippen molar-refractivity contribution in [3.63, 3.8) is 0 Å². The minimum atomic E-state index is -4.17. The van der Waals surface area contributed by atoms with Crippen molar-refractivity contribution < 1.29 is 27.5 Å². The zero-order chi connectivity index (χ0) is 25.4. The summed E-state index contributed by atoms with van der Waals surface area (Å²) < 4.78 is 38.8. The van der Waals surface area contributed by atoms with E-state index in [4.69, 9.17) is 21.1 Å². The molecular weight excluding hydrogens is 492 g/mol. The molecule has 8 nitrogen and oxygen atoms in total. The molecule has 1 amide bonds. The van der Waals surface area contributed by atoms with Gasteiger partial charge in [0.15, 0.2) is 0 Å². The number of hydrogen-bond acceptors (Lipinski definition) is 6. The van der Waals surface area contributed by atoms with Crippen molar-refractivity contribution >= 4 is 44.9 Å². The van der Waals surface area contributed by atoms with Gasteiger partial charge < -0.3 is 14.8 Å². The van der Waals surface area contributed by atoms with Crippen LogP contribution in [0.1, 0.15) is 24.2 Å². The summed E-state index contributed by atoms with van der Waals surface area (Å²) in [5.41, 5.74) is 0.791. The number of sulfonamides is 1. The number of nitrogens with one attached hydrogen (secondary N) is 1. The number of rotatable bonds is 10. The number of nitrogens with zero attached hydrogens (tertiary/aromatic N) is 1. The van der Waals surface area contributed by atoms with E-state index in [1.54, 1.807) is 56.3 Å². The van der Waals surface area contributed by atoms with E-state index in [1.807, 2.05) is 0 Å². The summed E-state index contributed by atoms with van der Waals surface area (Å²) in [6, 6.07) is 18.4. The number of hydrogen-bond donors (Lipinski definition) is 1. The number of para-hydroxylation sites is 2. The number of esters is 1. The molecule has 0 aliphatic heterocycles. The summed E-state index contributed by atoms with van der Waals surface area (Å²) in [6.45, 7) is 3.45. The Labute approximate surface area is 209 Å². The molecule has 3 aromatic carbocycles. The minimum Gasteiger partial charge on any atom is -0.492 e. The molecule has 0 saturated carbocycles. The zero-order valence-corrected chi connectivity index (χ0v) is 20.8. The second kappa shape index (κ2) is 11.7. The Hall–Kier alpha value is -3.56. The van der Waals surface area contributed by atoms with Crippen LogP contribution >= 0.6 is 11.6 Å². The molecule has 35 heavy (non-hydrogen) atoms. The molecule has 0 aromatic heterocycles. The van der Waals surface area contributed by atoms with Gasteiger partial charge in [0, 0.05) is 10.7 Å². The van der Waals surface area contributed by atoms with Gasteiger partial charge in [0.1, 0.15) is 12.3 Å². The van der Waals surface area contributed by atoms with Crippen molar-refractivity contribution in [1.29, 1.82) is 0 Å². The van der Waals surface area contributed by atoms with Crippen LogP contribution in [0.4, 0.5) is 11.4 Å². The Bertz CT molecular complexity index is 1300. The summed E-state index contributed by atoms with van der Waals surface area (Å²) in [6.07, 6.45) is 0. The molecule has 0 bridgehead atoms. The second-order valence-corrected chi connectivity index (χ2v) is 9.51. The topological polar surface area (TPSA) is 102 Å². The number of amides is 1. The van der Waals surface area contributed by atoms with Gasteiger partial charge in [0.2, 0.25) is 5.91 Å². The third-order valence-corrected chi connectivity index (χ3v) is 6.81. The third kappa shape index (κ3) is 6.52. The van der Waals surface area contributed by atoms with Gasteiger partial charge in [-0.15, -0.1) is 0 Å². The van der Waals surface area contributed by atoms with E-state index in [1.165, 1.54) is 30.3 Å². The fraction of sp³-hybridized carbons (Fsp3) is 0.200. The van der Waals surface area contributed by atoms with E-state index < -0.39 is 28.4 Å². The molecule has 10 heteroatoms. The van der Waals surface area contributed by atoms with Gasteiger partial charge >= 0.3 is 5.97 Å². The van der Waals surface area contributed by atoms with Gasteiger partial charge in [-0.1, -0.05) is 29.8 Å². The van der Waals surface area contributed by atoms with Crippen LogP contribution in [0, 0.1) is 0 Å². The van der Waals surface area contributed by atoms with Gasteiger partial charge in [-0.05, 0) is 68.4 Å². The van der Waals surface area contributed by atoms with Crippen molar-refractivity contribution in [2.24, 2.45) is 0 Å². The Kier molecular flexibility index (Phi) is 8.73. The van der Waals surface area contributed by atoms with E-state index in [2.05, 4.69) is 5.32 Å². The first-order valence-electron chi connectivity index (χ1n) is 10.8. The largest absolute Gasteiger partial charge is 0.492 e. The summed E-state index contributed by atoms with van der Waals surface area (Å²) >= 11 is 5.93. The lowest BCUT2D eigenvalue weighted by atomic mass is 10.2. The number of benzene rings is 3. The van der Waals surface area contributed by atoms with Gasteiger partial charge in [0.25, 0.3) is 10.0 Å². The number of carbonyl (C=O) groups is 2. The van der Waals surface area contributed by atoms with Crippen molar-refractivity contribution in [3.05, 3.63) is 83.4 Å². The van der Waals surface area contributed by atoms with E-state index in [0.717, 1.165) is 4.31 Å². The van der Waals surface area contributed by atoms with Gasteiger partial charge in [-0.2, -0.15) is 0 Å². The quantitative estimate of drug-likeness (QED) is 0.390. The molecule has 0 atom stereocenters. The molecule has 0 unspecified atom stereocenters. The first-order chi connectivity index (χ1) is 16.8. The highest BCUT2D eigenvalue weighted by Crippen LogP contribution is 2.33. The summed E-state index contributed by atoms with van der Waals surface area (Å²) in [5.74, 6) is -0.833. The molecule has 184 valence electrons. The third-order valence-electron chi connectivity index (χ3n) is 4.78. The van der Waals surface area contributed by atoms with E-state index in [-0.39, 0.29) is 22.8 Å². The van der Waals surface area contributed by atoms with Crippen LogP contribution in [0.3, 0.4) is 0 Å². The van der Waals surface area contributed by atoms with Crippen LogP contribution in [0.5, 0.6) is 5.75 Å². The molecular formula is C25H25ClN2O6S. The zero-order valence-electron chi connectivity index (χ0n) is 19.2. The lowest BCUT2D eigenvalue weighted by molar-refractivity contribution is -0.114. The van der Waals surface area contributed by atoms with Gasteiger partial charge in [-0.25, -0.2) is 13.2 Å². The molecule has 3 aromatic rings. The summed E-state index contributed by atoms with van der Waals surface area (Å²) in [5, 5.41) is 3.03. The Morgan fingerprint density at radius 3 is 2.34 bits per heavy atom. The monoisotopic (exact) mass is 516 g/mol. The predicted molar refractivity (Wildman–Crippen MR) is 135 cm³/mol. The standard InChI is InChI=1S/C25H25ClN2O6S/c1-3-33-23-11-6-5-10-22(23)28(35(31,32)21-14-12-19(26)13-15-21)17-24(29)27-20-9-7-8-18(16-20)25(30)34-4-2/h5-16H,3-4,17H2,1-2H3,(H,27,29). The highest BCUT2D eigenvalue weighted by Gasteiger charge is 2.29. The van der Waals surface area contributed by atoms with Crippen LogP contribution in [-0.4, -0.2) is 40.1 Å². The minimum absolute atomic E-state index is 0.0368. The van der Waals surface area contributed by atoms with Crippen molar-refractivity contribution in [3.8, 4) is 5.75 Å². The summed E-state index contributed by atoms with van der Waals surface area (Å²) in [7, 11) is -4.17. The Morgan fingerprint density at radius 1 is 0.943 bits per heavy atom. The first-order valence-corrected chi connectivity index (χ1v) is 12.6. The highest BCUT2D eigenvalue weighted by atomic mass is 35.5. The van der Waals surface area contributed by atoms with Gasteiger partial charge in [0.05, 0.1) is 29.4 Å². The molecule has 0 radical (unpaired) electrons. The lowest BCUT2D eigenvalue weighted by Gasteiger charge is -2.26. The average Bonchev–Trinajstić information content (AvgIpc) is 2.84. The fourth-order valence-corrected chi connectivity index (χ4v) is 4.80. The van der Waals surface area contributed by atoms with E-state index in [9.17, 15) is 18.0 Å². The number of carbonyl (C=O) groups excluding carboxylic acids is 2. The highest BCUT2D eigenvalue weighted by molar-refractivity contribution is 7.92. The smallest absolute Gasteiger partial charge is 0.338 e. The predicted octanol–water partition coefficient (Wildman–Crippen LogP) is 4.75. The maximum atomic E-state index is 13.6. The molecule has 1 N–H and O–H groups in total. The molecule has 0 spiro atoms. The Balaban J connectivity index is 1.95. The van der Waals surface area contributed by atoms with Crippen LogP contribution in [-0.2, 0) is 19.6 Å². The number of ether oxygens (including phenoxy) is 2. The number of halogens is 1. The van der Waals surface area contributed by atoms with Crippen molar-refractivity contribution in [2.75, 3.05) is 29.4 Å². The maximum Gasteiger partial charge on any atom is 0.338 e. The van der Waals surface area contributed by atoms with Crippen LogP contribution in [0.25, 0.3) is 0 Å². The average molecular weight is 517 g/mol. The van der Waals surface area contributed by atoms with Crippen LogP contribution < -0.4 is 14.4 Å². The Morgan fingerprint density at radius 2 is 1.66 bits per heavy atom. The number of anilines is 2. The fourth-order valence-electron chi connectivity index (χ4n) is 3.24. The van der Waals surface area contributed by atoms with Crippen LogP contribution in [0.2, 0.25) is 5.02 Å². The van der Waals surface area contributed by atoms with Crippen molar-refractivity contribution in [2.45, 2.75) is 18.7 Å². The molecule has 0 heterocycles. The first kappa shape index (κ1) is 26.1. The summed E-state index contributed by atoms with van der Waals surface area (Å²) in [4.78, 5) is 25.0. The molecule has 0 saturated heterocycles. The molecule has 0 aliphatic rings. The maximum absolute atomic E-state index is 13.6. The lowest BCUT2D eigenvalue weighted by Crippen LogP contribution is -2.38. The van der Waals surface area contributed by atoms with Crippen LogP contribution in [0.15, 0.2) is 77.7 Å². The van der Waals surface area contributed by atoms with Gasteiger partial charge in [-0.3, -0.25) is 9.10 Å².